The van der Waals surface area contributed by atoms with Crippen molar-refractivity contribution in [1.82, 2.24) is 0 Å². The maximum Gasteiger partial charge on any atom is 0.573 e. The molecule has 0 saturated heterocycles. The van der Waals surface area contributed by atoms with Gasteiger partial charge in [0.05, 0.1) is 27.9 Å². The number of alkyl halides is 3. The molecule has 0 aliphatic carbocycles. The number of benzene rings is 2. The number of nitrogens with one attached hydrogen (secondary N) is 1. The van der Waals surface area contributed by atoms with Gasteiger partial charge in [-0.2, -0.15) is 0 Å². The molecule has 0 aromatic heterocycles. The van der Waals surface area contributed by atoms with Crippen molar-refractivity contribution < 1.29 is 36.9 Å². The van der Waals surface area contributed by atoms with Crippen molar-refractivity contribution in [2.45, 2.75) is 19.2 Å². The first-order chi connectivity index (χ1) is 14.7. The van der Waals surface area contributed by atoms with Crippen molar-refractivity contribution in [2.75, 3.05) is 44.6 Å². The first kappa shape index (κ1) is 22.4. The summed E-state index contributed by atoms with van der Waals surface area (Å²) in [5.74, 6) is 0.646. The van der Waals surface area contributed by atoms with E-state index in [2.05, 4.69) is 10.1 Å². The molecule has 1 N–H and O–H groups in total. The number of halogens is 3. The zero-order chi connectivity index (χ0) is 22.6. The number of amides is 1. The van der Waals surface area contributed by atoms with E-state index in [0.29, 0.717) is 53.6 Å². The van der Waals surface area contributed by atoms with E-state index in [-0.39, 0.29) is 18.2 Å². The second-order valence-corrected chi connectivity index (χ2v) is 6.83. The minimum Gasteiger partial charge on any atom is -0.493 e. The molecule has 2 aromatic carbocycles. The molecule has 10 heteroatoms. The molecule has 0 saturated carbocycles. The smallest absolute Gasteiger partial charge is 0.493 e. The van der Waals surface area contributed by atoms with E-state index in [4.69, 9.17) is 14.2 Å². The van der Waals surface area contributed by atoms with Crippen LogP contribution in [0.4, 0.5) is 24.5 Å². The van der Waals surface area contributed by atoms with Crippen molar-refractivity contribution in [3.8, 4) is 23.0 Å². The molecule has 31 heavy (non-hydrogen) atoms. The van der Waals surface area contributed by atoms with E-state index in [1.54, 1.807) is 18.2 Å². The van der Waals surface area contributed by atoms with Gasteiger partial charge in [0.25, 0.3) is 0 Å². The number of fused-ring (bicyclic) bond motifs is 1. The van der Waals surface area contributed by atoms with Crippen molar-refractivity contribution in [3.63, 3.8) is 0 Å². The average molecular weight is 440 g/mol. The second kappa shape index (κ2) is 9.23. The Bertz CT molecular complexity index is 924. The van der Waals surface area contributed by atoms with Gasteiger partial charge < -0.3 is 29.2 Å². The van der Waals surface area contributed by atoms with Crippen LogP contribution in [0.15, 0.2) is 30.3 Å². The highest BCUT2D eigenvalue weighted by Gasteiger charge is 2.31. The Morgan fingerprint density at radius 2 is 1.74 bits per heavy atom. The van der Waals surface area contributed by atoms with Crippen LogP contribution in [0.1, 0.15) is 12.0 Å². The maximum absolute atomic E-state index is 12.7. The van der Waals surface area contributed by atoms with Crippen LogP contribution in [0.5, 0.6) is 23.0 Å². The maximum atomic E-state index is 12.7. The number of carbonyl (C=O) groups excluding carboxylic acids is 1. The van der Waals surface area contributed by atoms with Gasteiger partial charge in [-0.15, -0.1) is 13.2 Å². The average Bonchev–Trinajstić information content (AvgIpc) is 2.71. The molecule has 0 atom stereocenters. The van der Waals surface area contributed by atoms with Gasteiger partial charge in [0.15, 0.2) is 11.5 Å². The third-order valence-corrected chi connectivity index (χ3v) is 4.78. The monoisotopic (exact) mass is 440 g/mol. The summed E-state index contributed by atoms with van der Waals surface area (Å²) in [6.45, 7) is 0.637. The Balaban J connectivity index is 1.74. The number of nitrogens with zero attached hydrogens (tertiary/aromatic N) is 1. The predicted molar refractivity (Wildman–Crippen MR) is 108 cm³/mol. The molecule has 3 rings (SSSR count). The molecule has 1 aliphatic heterocycles. The number of rotatable bonds is 7. The van der Waals surface area contributed by atoms with E-state index in [9.17, 15) is 18.0 Å². The lowest BCUT2D eigenvalue weighted by Crippen LogP contribution is -2.36. The largest absolute Gasteiger partial charge is 0.573 e. The Morgan fingerprint density at radius 3 is 2.32 bits per heavy atom. The Morgan fingerprint density at radius 1 is 1.06 bits per heavy atom. The first-order valence-electron chi connectivity index (χ1n) is 9.47. The summed E-state index contributed by atoms with van der Waals surface area (Å²) in [4.78, 5) is 14.5. The molecule has 2 aromatic rings. The molecular weight excluding hydrogens is 417 g/mol. The van der Waals surface area contributed by atoms with Gasteiger partial charge in [0.2, 0.25) is 11.7 Å². The molecule has 0 unspecified atom stereocenters. The molecule has 168 valence electrons. The van der Waals surface area contributed by atoms with Crippen molar-refractivity contribution in [3.05, 3.63) is 35.9 Å². The van der Waals surface area contributed by atoms with Crippen LogP contribution in [0.25, 0.3) is 0 Å². The Labute approximate surface area is 177 Å². The first-order valence-corrected chi connectivity index (χ1v) is 9.47. The van der Waals surface area contributed by atoms with Crippen LogP contribution in [-0.2, 0) is 11.2 Å². The minimum absolute atomic E-state index is 0.0309. The SMILES string of the molecule is COc1cc(NC(=O)CN2CCCc3cc(OC(F)(F)F)ccc32)cc(OC)c1OC. The topological polar surface area (TPSA) is 69.3 Å². The fraction of sp³-hybridized carbons (Fsp3) is 0.381. The van der Waals surface area contributed by atoms with Gasteiger partial charge in [-0.25, -0.2) is 0 Å². The molecule has 1 aliphatic rings. The number of ether oxygens (including phenoxy) is 4. The van der Waals surface area contributed by atoms with Crippen LogP contribution in [0.3, 0.4) is 0 Å². The fourth-order valence-corrected chi connectivity index (χ4v) is 3.54. The second-order valence-electron chi connectivity index (χ2n) is 6.83. The standard InChI is InChI=1S/C21H23F3N2O5/c1-28-17-10-14(11-18(29-2)20(17)30-3)25-19(27)12-26-8-4-5-13-9-15(6-7-16(13)26)31-21(22,23)24/h6-7,9-11H,4-5,8,12H2,1-3H3,(H,25,27). The van der Waals surface area contributed by atoms with Crippen LogP contribution in [-0.4, -0.2) is 46.7 Å². The summed E-state index contributed by atoms with van der Waals surface area (Å²) in [7, 11) is 4.44. The van der Waals surface area contributed by atoms with Gasteiger partial charge in [-0.3, -0.25) is 4.79 Å². The van der Waals surface area contributed by atoms with Crippen LogP contribution in [0.2, 0.25) is 0 Å². The quantitative estimate of drug-likeness (QED) is 0.702. The molecule has 1 amide bonds. The van der Waals surface area contributed by atoms with E-state index in [1.807, 2.05) is 4.90 Å². The van der Waals surface area contributed by atoms with E-state index in [1.165, 1.54) is 33.5 Å². The third-order valence-electron chi connectivity index (χ3n) is 4.78. The normalized spacial score (nSPS) is 13.3. The minimum atomic E-state index is -4.75. The highest BCUT2D eigenvalue weighted by molar-refractivity contribution is 5.95. The predicted octanol–water partition coefficient (Wildman–Crippen LogP) is 4.00. The summed E-state index contributed by atoms with van der Waals surface area (Å²) in [6.07, 6.45) is -3.43. The van der Waals surface area contributed by atoms with E-state index >= 15 is 0 Å². The van der Waals surface area contributed by atoms with Gasteiger partial charge in [-0.1, -0.05) is 0 Å². The molecular formula is C21H23F3N2O5. The number of hydrogen-bond donors (Lipinski definition) is 1. The van der Waals surface area contributed by atoms with Crippen molar-refractivity contribution >= 4 is 17.3 Å². The summed E-state index contributed by atoms with van der Waals surface area (Å²) in [5.41, 5.74) is 1.88. The Kier molecular flexibility index (Phi) is 6.67. The van der Waals surface area contributed by atoms with Crippen molar-refractivity contribution in [2.24, 2.45) is 0 Å². The zero-order valence-electron chi connectivity index (χ0n) is 17.3. The van der Waals surface area contributed by atoms with Gasteiger partial charge >= 0.3 is 6.36 Å². The summed E-state index contributed by atoms with van der Waals surface area (Å²) in [6, 6.07) is 7.39. The van der Waals surface area contributed by atoms with E-state index < -0.39 is 6.36 Å². The van der Waals surface area contributed by atoms with Gasteiger partial charge in [0, 0.05) is 30.1 Å². The lowest BCUT2D eigenvalue weighted by Gasteiger charge is -2.31. The van der Waals surface area contributed by atoms with Crippen LogP contribution in [0, 0.1) is 0 Å². The summed E-state index contributed by atoms with van der Waals surface area (Å²) >= 11 is 0. The fourth-order valence-electron chi connectivity index (χ4n) is 3.54. The lowest BCUT2D eigenvalue weighted by molar-refractivity contribution is -0.274. The molecule has 0 bridgehead atoms. The summed E-state index contributed by atoms with van der Waals surface area (Å²) < 4.78 is 57.3. The molecule has 0 radical (unpaired) electrons. The highest BCUT2D eigenvalue weighted by Crippen LogP contribution is 2.40. The zero-order valence-corrected chi connectivity index (χ0v) is 17.3. The number of anilines is 2. The highest BCUT2D eigenvalue weighted by atomic mass is 19.4. The number of aryl methyl sites for hydroxylation is 1. The van der Waals surface area contributed by atoms with E-state index in [0.717, 1.165) is 0 Å². The molecule has 7 nitrogen and oxygen atoms in total. The number of carbonyl (C=O) groups is 1. The third kappa shape index (κ3) is 5.44. The number of hydrogen-bond acceptors (Lipinski definition) is 6. The lowest BCUT2D eigenvalue weighted by atomic mass is 10.0. The molecule has 0 fully saturated rings. The molecule has 1 heterocycles. The van der Waals surface area contributed by atoms with Crippen LogP contribution >= 0.6 is 0 Å². The van der Waals surface area contributed by atoms with Gasteiger partial charge in [0.1, 0.15) is 5.75 Å². The summed E-state index contributed by atoms with van der Waals surface area (Å²) in [5, 5.41) is 2.79. The van der Waals surface area contributed by atoms with Crippen molar-refractivity contribution in [1.29, 1.82) is 0 Å². The van der Waals surface area contributed by atoms with Gasteiger partial charge in [-0.05, 0) is 36.6 Å². The van der Waals surface area contributed by atoms with Crippen LogP contribution < -0.4 is 29.2 Å². The molecule has 0 spiro atoms. The number of methoxy groups -OCH3 is 3. The Hall–Kier alpha value is -3.30.